The molecule has 0 bridgehead atoms. The molecule has 1 atom stereocenters. The van der Waals surface area contributed by atoms with E-state index in [9.17, 15) is 9.59 Å². The minimum atomic E-state index is -0.776. The lowest BCUT2D eigenvalue weighted by molar-refractivity contribution is -0.143. The molecule has 1 aliphatic rings. The van der Waals surface area contributed by atoms with Crippen LogP contribution in [0.3, 0.4) is 0 Å². The monoisotopic (exact) mass is 353 g/mol. The van der Waals surface area contributed by atoms with Crippen LogP contribution in [0.5, 0.6) is 0 Å². The predicted molar refractivity (Wildman–Crippen MR) is 97.6 cm³/mol. The van der Waals surface area contributed by atoms with Crippen LogP contribution in [-0.4, -0.2) is 40.1 Å². The van der Waals surface area contributed by atoms with Gasteiger partial charge in [0.25, 0.3) is 0 Å². The van der Waals surface area contributed by atoms with E-state index < -0.39 is 5.97 Å². The Bertz CT molecular complexity index is 728. The highest BCUT2D eigenvalue weighted by atomic mass is 16.4. The van der Waals surface area contributed by atoms with Crippen LogP contribution in [0, 0.1) is 5.92 Å². The summed E-state index contributed by atoms with van der Waals surface area (Å²) in [5.41, 5.74) is 1.93. The zero-order valence-corrected chi connectivity index (χ0v) is 14.5. The molecule has 3 rings (SSSR count). The summed E-state index contributed by atoms with van der Waals surface area (Å²) in [4.78, 5) is 29.8. The van der Waals surface area contributed by atoms with Crippen molar-refractivity contribution in [1.29, 1.82) is 0 Å². The van der Waals surface area contributed by atoms with Gasteiger partial charge in [0.05, 0.1) is 12.0 Å². The molecule has 0 saturated carbocycles. The molecule has 1 unspecified atom stereocenters. The number of hydrogen-bond acceptors (Lipinski definition) is 3. The maximum absolute atomic E-state index is 12.7. The highest BCUT2D eigenvalue weighted by molar-refractivity contribution is 5.76. The molecular formula is C20H23N3O3. The second-order valence-electron chi connectivity index (χ2n) is 6.54. The number of hydrogen-bond donors (Lipinski definition) is 2. The average molecular weight is 353 g/mol. The van der Waals surface area contributed by atoms with Gasteiger partial charge in [-0.1, -0.05) is 36.4 Å². The van der Waals surface area contributed by atoms with Gasteiger partial charge < -0.3 is 15.3 Å². The molecule has 6 nitrogen and oxygen atoms in total. The molecule has 2 heterocycles. The van der Waals surface area contributed by atoms with E-state index in [2.05, 4.69) is 10.3 Å². The third-order valence-electron chi connectivity index (χ3n) is 4.77. The van der Waals surface area contributed by atoms with Crippen LogP contribution < -0.4 is 5.32 Å². The number of piperidine rings is 1. The van der Waals surface area contributed by atoms with E-state index in [1.165, 1.54) is 0 Å². The summed E-state index contributed by atoms with van der Waals surface area (Å²) in [6.07, 6.45) is 3.34. The molecule has 1 fully saturated rings. The Hall–Kier alpha value is -2.89. The molecule has 1 aliphatic heterocycles. The quantitative estimate of drug-likeness (QED) is 0.866. The lowest BCUT2D eigenvalue weighted by Gasteiger charge is -2.32. The van der Waals surface area contributed by atoms with E-state index in [0.29, 0.717) is 32.4 Å². The maximum atomic E-state index is 12.7. The molecule has 136 valence electrons. The molecular weight excluding hydrogens is 330 g/mol. The fourth-order valence-corrected chi connectivity index (χ4v) is 3.24. The fraction of sp³-hybridized carbons (Fsp3) is 0.350. The van der Waals surface area contributed by atoms with Gasteiger partial charge in [0, 0.05) is 31.4 Å². The van der Waals surface area contributed by atoms with Gasteiger partial charge >= 0.3 is 12.0 Å². The fourth-order valence-electron chi connectivity index (χ4n) is 3.24. The van der Waals surface area contributed by atoms with Gasteiger partial charge in [0.1, 0.15) is 0 Å². The molecule has 2 N–H and O–H groups in total. The third-order valence-corrected chi connectivity index (χ3v) is 4.77. The van der Waals surface area contributed by atoms with Gasteiger partial charge in [-0.3, -0.25) is 9.78 Å². The van der Waals surface area contributed by atoms with Gasteiger partial charge in [-0.2, -0.15) is 0 Å². The second-order valence-corrected chi connectivity index (χ2v) is 6.54. The van der Waals surface area contributed by atoms with Gasteiger partial charge in [-0.15, -0.1) is 0 Å². The summed E-state index contributed by atoms with van der Waals surface area (Å²) < 4.78 is 0. The molecule has 2 aromatic rings. The van der Waals surface area contributed by atoms with Crippen molar-refractivity contribution in [3.05, 3.63) is 66.0 Å². The van der Waals surface area contributed by atoms with Crippen molar-refractivity contribution in [2.24, 2.45) is 5.92 Å². The first-order chi connectivity index (χ1) is 12.6. The number of urea groups is 1. The topological polar surface area (TPSA) is 82.5 Å². The summed E-state index contributed by atoms with van der Waals surface area (Å²) in [6.45, 7) is 0.932. The average Bonchev–Trinajstić information content (AvgIpc) is 2.69. The summed E-state index contributed by atoms with van der Waals surface area (Å²) in [7, 11) is 0. The Labute approximate surface area is 152 Å². The minimum absolute atomic E-state index is 0.154. The Morgan fingerprint density at radius 1 is 1.12 bits per heavy atom. The summed E-state index contributed by atoms with van der Waals surface area (Å²) in [5, 5.41) is 12.2. The van der Waals surface area contributed by atoms with E-state index in [1.54, 1.807) is 11.1 Å². The number of carboxylic acid groups (broad SMARTS) is 1. The molecule has 1 saturated heterocycles. The third kappa shape index (κ3) is 4.59. The molecule has 6 heteroatoms. The van der Waals surface area contributed by atoms with Crippen molar-refractivity contribution in [3.63, 3.8) is 0 Å². The molecule has 26 heavy (non-hydrogen) atoms. The largest absolute Gasteiger partial charge is 0.481 e. The van der Waals surface area contributed by atoms with Crippen molar-refractivity contribution >= 4 is 12.0 Å². The number of pyridine rings is 1. The van der Waals surface area contributed by atoms with E-state index in [4.69, 9.17) is 5.11 Å². The van der Waals surface area contributed by atoms with Gasteiger partial charge in [-0.25, -0.2) is 4.79 Å². The SMILES string of the molecule is O=C(O)C1CCN(C(=O)NC(Cc2ccccn2)c2ccccc2)CC1. The number of benzene rings is 1. The van der Waals surface area contributed by atoms with Crippen LogP contribution in [0.4, 0.5) is 4.79 Å². The van der Waals surface area contributed by atoms with Crippen molar-refractivity contribution in [2.45, 2.75) is 25.3 Å². The van der Waals surface area contributed by atoms with Gasteiger partial charge in [0.2, 0.25) is 0 Å². The number of rotatable bonds is 5. The number of carbonyl (C=O) groups is 2. The van der Waals surface area contributed by atoms with Crippen molar-refractivity contribution in [1.82, 2.24) is 15.2 Å². The molecule has 0 aliphatic carbocycles. The van der Waals surface area contributed by atoms with Crippen LogP contribution in [0.1, 0.15) is 30.1 Å². The predicted octanol–water partition coefficient (Wildman–Crippen LogP) is 2.87. The Morgan fingerprint density at radius 2 is 1.81 bits per heavy atom. The summed E-state index contributed by atoms with van der Waals surface area (Å²) in [6, 6.07) is 15.2. The van der Waals surface area contributed by atoms with Crippen LogP contribution in [-0.2, 0) is 11.2 Å². The lowest BCUT2D eigenvalue weighted by atomic mass is 9.97. The van der Waals surface area contributed by atoms with Crippen LogP contribution >= 0.6 is 0 Å². The smallest absolute Gasteiger partial charge is 0.317 e. The molecule has 1 aromatic carbocycles. The van der Waals surface area contributed by atoms with Crippen LogP contribution in [0.15, 0.2) is 54.7 Å². The number of carbonyl (C=O) groups excluding carboxylic acids is 1. The number of nitrogens with zero attached hydrogens (tertiary/aromatic N) is 2. The number of amides is 2. The Morgan fingerprint density at radius 3 is 2.42 bits per heavy atom. The Kier molecular flexibility index (Phi) is 5.84. The van der Waals surface area contributed by atoms with E-state index in [0.717, 1.165) is 11.3 Å². The lowest BCUT2D eigenvalue weighted by Crippen LogP contribution is -2.46. The molecule has 0 spiro atoms. The van der Waals surface area contributed by atoms with Crippen LogP contribution in [0.25, 0.3) is 0 Å². The van der Waals surface area contributed by atoms with Crippen molar-refractivity contribution in [3.8, 4) is 0 Å². The highest BCUT2D eigenvalue weighted by Gasteiger charge is 2.28. The first-order valence-corrected chi connectivity index (χ1v) is 8.86. The minimum Gasteiger partial charge on any atom is -0.481 e. The number of aromatic nitrogens is 1. The molecule has 0 radical (unpaired) electrons. The number of aliphatic carboxylic acids is 1. The summed E-state index contributed by atoms with van der Waals surface area (Å²) in [5.74, 6) is -1.13. The normalized spacial score (nSPS) is 16.1. The first-order valence-electron chi connectivity index (χ1n) is 8.86. The Balaban J connectivity index is 1.67. The highest BCUT2D eigenvalue weighted by Crippen LogP contribution is 2.20. The number of carboxylic acids is 1. The van der Waals surface area contributed by atoms with Crippen molar-refractivity contribution < 1.29 is 14.7 Å². The maximum Gasteiger partial charge on any atom is 0.317 e. The van der Waals surface area contributed by atoms with Crippen LogP contribution in [0.2, 0.25) is 0 Å². The molecule has 2 amide bonds. The zero-order chi connectivity index (χ0) is 18.4. The standard InChI is InChI=1S/C20H23N3O3/c24-19(25)16-9-12-23(13-10-16)20(26)22-18(15-6-2-1-3-7-15)14-17-8-4-5-11-21-17/h1-8,11,16,18H,9-10,12-14H2,(H,22,26)(H,24,25). The first kappa shape index (κ1) is 17.9. The van der Waals surface area contributed by atoms with E-state index in [-0.39, 0.29) is 18.0 Å². The number of likely N-dealkylation sites (tertiary alicyclic amines) is 1. The van der Waals surface area contributed by atoms with E-state index >= 15 is 0 Å². The zero-order valence-electron chi connectivity index (χ0n) is 14.5. The number of nitrogens with one attached hydrogen (secondary N) is 1. The summed E-state index contributed by atoms with van der Waals surface area (Å²) >= 11 is 0. The van der Waals surface area contributed by atoms with Gasteiger partial charge in [0.15, 0.2) is 0 Å². The van der Waals surface area contributed by atoms with Crippen molar-refractivity contribution in [2.75, 3.05) is 13.1 Å². The van der Waals surface area contributed by atoms with E-state index in [1.807, 2.05) is 48.5 Å². The van der Waals surface area contributed by atoms with Gasteiger partial charge in [-0.05, 0) is 30.5 Å². The molecule has 1 aromatic heterocycles. The second kappa shape index (κ2) is 8.47.